The molecule has 0 bridgehead atoms. The summed E-state index contributed by atoms with van der Waals surface area (Å²) >= 11 is 0. The molecule has 3 aliphatic rings. The molecule has 11 nitrogen and oxygen atoms in total. The molecule has 0 aliphatic heterocycles. The molecular formula is C38H71N5O6S. The highest BCUT2D eigenvalue weighted by atomic mass is 32.2. The molecule has 0 saturated heterocycles. The Balaban J connectivity index is 1.80. The number of nitrogens with zero attached hydrogens (tertiary/aromatic N) is 3. The highest BCUT2D eigenvalue weighted by Gasteiger charge is 2.44. The average Bonchev–Trinajstić information content (AvgIpc) is 3.10. The van der Waals surface area contributed by atoms with Gasteiger partial charge in [0, 0.05) is 58.5 Å². The summed E-state index contributed by atoms with van der Waals surface area (Å²) in [4.78, 5) is 43.0. The fraction of sp³-hybridized carbons (Fsp3) is 0.921. The number of sulfonamides is 1. The number of carbonyl (C=O) groups excluding carboxylic acids is 3. The van der Waals surface area contributed by atoms with Gasteiger partial charge in [0.1, 0.15) is 0 Å². The second kappa shape index (κ2) is 21.7. The Morgan fingerprint density at radius 3 is 1.92 bits per heavy atom. The molecule has 3 fully saturated rings. The number of unbranched alkanes of at least 4 members (excludes halogenated alkanes) is 1. The molecule has 3 rings (SSSR count). The number of amides is 3. The van der Waals surface area contributed by atoms with E-state index < -0.39 is 39.3 Å². The SMILES string of the molecule is CCCCN(CC(O)C(CC1CCCCC1)NC(=O)C1CC(C(=O)N(CCC)CCC)CC(S(=O)(=O)N(C)C)C1)NC(=O)CC1CCCCC1. The van der Waals surface area contributed by atoms with E-state index >= 15 is 0 Å². The number of aliphatic hydroxyl groups is 1. The number of carbonyl (C=O) groups is 3. The highest BCUT2D eigenvalue weighted by Crippen LogP contribution is 2.36. The quantitative estimate of drug-likeness (QED) is 0.146. The third-order valence-electron chi connectivity index (χ3n) is 11.4. The molecule has 290 valence electrons. The molecule has 0 aromatic rings. The smallest absolute Gasteiger partial charge is 0.234 e. The predicted molar refractivity (Wildman–Crippen MR) is 199 cm³/mol. The molecule has 3 aliphatic carbocycles. The van der Waals surface area contributed by atoms with Crippen molar-refractivity contribution in [2.45, 2.75) is 160 Å². The van der Waals surface area contributed by atoms with Gasteiger partial charge in [-0.2, -0.15) is 0 Å². The van der Waals surface area contributed by atoms with Gasteiger partial charge in [0.25, 0.3) is 0 Å². The first-order valence-electron chi connectivity index (χ1n) is 20.1. The summed E-state index contributed by atoms with van der Waals surface area (Å²) in [5, 5.41) is 16.0. The number of hydrogen-bond acceptors (Lipinski definition) is 7. The molecule has 3 amide bonds. The van der Waals surface area contributed by atoms with E-state index in [1.165, 1.54) is 44.1 Å². The summed E-state index contributed by atoms with van der Waals surface area (Å²) in [6.07, 6.45) is 15.5. The van der Waals surface area contributed by atoms with E-state index in [0.29, 0.717) is 50.7 Å². The summed E-state index contributed by atoms with van der Waals surface area (Å²) in [5.74, 6) is -0.840. The summed E-state index contributed by atoms with van der Waals surface area (Å²) in [6, 6.07) is -0.554. The molecule has 3 saturated carbocycles. The van der Waals surface area contributed by atoms with Gasteiger partial charge in [0.15, 0.2) is 0 Å². The molecule has 12 heteroatoms. The number of hydrogen-bond donors (Lipinski definition) is 3. The van der Waals surface area contributed by atoms with Crippen LogP contribution in [0.3, 0.4) is 0 Å². The lowest BCUT2D eigenvalue weighted by atomic mass is 9.79. The van der Waals surface area contributed by atoms with Gasteiger partial charge >= 0.3 is 0 Å². The minimum absolute atomic E-state index is 0.0145. The first-order chi connectivity index (χ1) is 23.9. The Hall–Kier alpha value is -1.76. The molecule has 0 aromatic carbocycles. The zero-order valence-corrected chi connectivity index (χ0v) is 32.9. The van der Waals surface area contributed by atoms with Gasteiger partial charge in [0.05, 0.1) is 17.4 Å². The van der Waals surface area contributed by atoms with E-state index in [4.69, 9.17) is 0 Å². The standard InChI is InChI=1S/C38H71N5O6S/c1-6-9-22-43(40-36(45)24-30-18-14-11-15-19-30)28-35(44)34(23-29-16-12-10-13-17-29)39-37(46)31-25-32(38(47)42(20-7-2)21-8-3)27-33(26-31)50(48,49)41(4)5/h29-35,44H,6-28H2,1-5H3,(H,39,46)(H,40,45). The Kier molecular flexibility index (Phi) is 18.5. The molecule has 5 unspecified atom stereocenters. The van der Waals surface area contributed by atoms with E-state index in [0.717, 1.165) is 64.2 Å². The van der Waals surface area contributed by atoms with Crippen LogP contribution < -0.4 is 10.7 Å². The maximum atomic E-state index is 14.2. The molecule has 0 heterocycles. The zero-order valence-electron chi connectivity index (χ0n) is 32.0. The molecule has 50 heavy (non-hydrogen) atoms. The molecule has 0 radical (unpaired) electrons. The number of nitrogens with one attached hydrogen (secondary N) is 2. The van der Waals surface area contributed by atoms with Crippen molar-refractivity contribution in [2.24, 2.45) is 23.7 Å². The fourth-order valence-electron chi connectivity index (χ4n) is 8.52. The van der Waals surface area contributed by atoms with Crippen LogP contribution in [0.2, 0.25) is 0 Å². The maximum Gasteiger partial charge on any atom is 0.234 e. The number of hydrazine groups is 1. The van der Waals surface area contributed by atoms with Crippen LogP contribution in [-0.4, -0.2) is 103 Å². The molecule has 5 atom stereocenters. The van der Waals surface area contributed by atoms with Gasteiger partial charge in [-0.25, -0.2) is 17.7 Å². The molecular weight excluding hydrogens is 655 g/mol. The van der Waals surface area contributed by atoms with E-state index in [1.807, 2.05) is 23.8 Å². The Morgan fingerprint density at radius 1 is 0.780 bits per heavy atom. The minimum Gasteiger partial charge on any atom is -0.390 e. The topological polar surface area (TPSA) is 139 Å². The lowest BCUT2D eigenvalue weighted by Gasteiger charge is -2.38. The lowest BCUT2D eigenvalue weighted by molar-refractivity contribution is -0.138. The van der Waals surface area contributed by atoms with Crippen LogP contribution in [0.15, 0.2) is 0 Å². The Bertz CT molecular complexity index is 1130. The van der Waals surface area contributed by atoms with Crippen LogP contribution in [0.5, 0.6) is 0 Å². The van der Waals surface area contributed by atoms with Crippen molar-refractivity contribution < 1.29 is 27.9 Å². The zero-order chi connectivity index (χ0) is 36.7. The fourth-order valence-corrected chi connectivity index (χ4v) is 10.1. The normalized spacial score (nSPS) is 23.8. The van der Waals surface area contributed by atoms with E-state index in [9.17, 15) is 27.9 Å². The van der Waals surface area contributed by atoms with Gasteiger partial charge in [-0.05, 0) is 69.6 Å². The van der Waals surface area contributed by atoms with Crippen LogP contribution in [-0.2, 0) is 24.4 Å². The summed E-state index contributed by atoms with van der Waals surface area (Å²) < 4.78 is 28.1. The Morgan fingerprint density at radius 2 is 1.36 bits per heavy atom. The summed E-state index contributed by atoms with van der Waals surface area (Å²) in [5.41, 5.74) is 3.10. The summed E-state index contributed by atoms with van der Waals surface area (Å²) in [6.45, 7) is 8.15. The van der Waals surface area contributed by atoms with Crippen molar-refractivity contribution in [3.8, 4) is 0 Å². The largest absolute Gasteiger partial charge is 0.390 e. The third-order valence-corrected chi connectivity index (χ3v) is 13.6. The second-order valence-electron chi connectivity index (χ2n) is 15.8. The highest BCUT2D eigenvalue weighted by molar-refractivity contribution is 7.89. The Labute approximate surface area is 304 Å². The third kappa shape index (κ3) is 13.3. The van der Waals surface area contributed by atoms with Gasteiger partial charge in [-0.3, -0.25) is 19.8 Å². The predicted octanol–water partition coefficient (Wildman–Crippen LogP) is 5.23. The second-order valence-corrected chi connectivity index (χ2v) is 18.3. The van der Waals surface area contributed by atoms with E-state index in [2.05, 4.69) is 17.7 Å². The maximum absolute atomic E-state index is 14.2. The van der Waals surface area contributed by atoms with Crippen molar-refractivity contribution in [3.05, 3.63) is 0 Å². The lowest BCUT2D eigenvalue weighted by Crippen LogP contribution is -2.55. The van der Waals surface area contributed by atoms with E-state index in [1.54, 1.807) is 0 Å². The number of rotatable bonds is 20. The van der Waals surface area contributed by atoms with Crippen LogP contribution in [0, 0.1) is 23.7 Å². The molecule has 0 spiro atoms. The monoisotopic (exact) mass is 726 g/mol. The van der Waals surface area contributed by atoms with Gasteiger partial charge in [-0.15, -0.1) is 0 Å². The van der Waals surface area contributed by atoms with Crippen LogP contribution in [0.1, 0.15) is 143 Å². The van der Waals surface area contributed by atoms with Crippen LogP contribution in [0.4, 0.5) is 0 Å². The van der Waals surface area contributed by atoms with Crippen molar-refractivity contribution in [3.63, 3.8) is 0 Å². The van der Waals surface area contributed by atoms with Gasteiger partial charge in [0.2, 0.25) is 27.7 Å². The van der Waals surface area contributed by atoms with Crippen molar-refractivity contribution in [1.82, 2.24) is 25.0 Å². The van der Waals surface area contributed by atoms with Crippen LogP contribution in [0.25, 0.3) is 0 Å². The number of aliphatic hydroxyl groups excluding tert-OH is 1. The molecule has 0 aromatic heterocycles. The van der Waals surface area contributed by atoms with Crippen molar-refractivity contribution in [2.75, 3.05) is 40.3 Å². The summed E-state index contributed by atoms with van der Waals surface area (Å²) in [7, 11) is -0.701. The first-order valence-corrected chi connectivity index (χ1v) is 21.6. The van der Waals surface area contributed by atoms with Crippen molar-refractivity contribution in [1.29, 1.82) is 0 Å². The first kappa shape index (κ1) is 42.7. The van der Waals surface area contributed by atoms with Gasteiger partial charge in [-0.1, -0.05) is 78.6 Å². The van der Waals surface area contributed by atoms with Crippen LogP contribution >= 0.6 is 0 Å². The minimum atomic E-state index is -3.71. The van der Waals surface area contributed by atoms with Crippen molar-refractivity contribution >= 4 is 27.7 Å². The van der Waals surface area contributed by atoms with E-state index in [-0.39, 0.29) is 37.1 Å². The van der Waals surface area contributed by atoms with Gasteiger partial charge < -0.3 is 15.3 Å². The molecule has 3 N–H and O–H groups in total. The average molecular weight is 726 g/mol.